The van der Waals surface area contributed by atoms with E-state index in [9.17, 15) is 0 Å². The maximum absolute atomic E-state index is 4.66. The zero-order valence-corrected chi connectivity index (χ0v) is 9.69. The van der Waals surface area contributed by atoms with Crippen LogP contribution < -0.4 is 5.32 Å². The first-order chi connectivity index (χ1) is 6.74. The Labute approximate surface area is 87.5 Å². The van der Waals surface area contributed by atoms with E-state index in [0.29, 0.717) is 0 Å². The third-order valence-electron chi connectivity index (χ3n) is 2.46. The van der Waals surface area contributed by atoms with Gasteiger partial charge in [-0.1, -0.05) is 13.3 Å². The van der Waals surface area contributed by atoms with Crippen molar-refractivity contribution in [3.8, 4) is 0 Å². The Bertz CT molecular complexity index is 227. The van der Waals surface area contributed by atoms with Crippen LogP contribution >= 0.6 is 0 Å². The van der Waals surface area contributed by atoms with E-state index < -0.39 is 0 Å². The number of rotatable bonds is 3. The van der Waals surface area contributed by atoms with Crippen LogP contribution in [0.4, 0.5) is 0 Å². The summed E-state index contributed by atoms with van der Waals surface area (Å²) in [6.45, 7) is 8.64. The molecule has 0 aromatic rings. The van der Waals surface area contributed by atoms with Crippen molar-refractivity contribution in [2.75, 3.05) is 13.1 Å². The third kappa shape index (κ3) is 3.62. The summed E-state index contributed by atoms with van der Waals surface area (Å²) in [5.74, 6) is 0. The number of hydrogen-bond donors (Lipinski definition) is 1. The molecule has 0 aliphatic carbocycles. The largest absolute Gasteiger partial charge is 0.316 e. The van der Waals surface area contributed by atoms with Gasteiger partial charge in [-0.05, 0) is 51.8 Å². The van der Waals surface area contributed by atoms with Crippen molar-refractivity contribution in [2.45, 2.75) is 46.5 Å². The highest BCUT2D eigenvalue weighted by atomic mass is 14.9. The lowest BCUT2D eigenvalue weighted by atomic mass is 10.0. The Balaban J connectivity index is 2.76. The zero-order valence-electron chi connectivity index (χ0n) is 9.69. The van der Waals surface area contributed by atoms with Gasteiger partial charge < -0.3 is 5.32 Å². The number of allylic oxidation sites excluding steroid dienone is 1. The minimum atomic E-state index is 1.13. The SMILES string of the molecule is CCCC(N=C(C)C)=C1CCNCC1. The van der Waals surface area contributed by atoms with E-state index in [2.05, 4.69) is 31.1 Å². The summed E-state index contributed by atoms with van der Waals surface area (Å²) in [7, 11) is 0. The van der Waals surface area contributed by atoms with E-state index in [1.54, 1.807) is 5.57 Å². The molecule has 0 amide bonds. The number of nitrogens with zero attached hydrogens (tertiary/aromatic N) is 1. The van der Waals surface area contributed by atoms with Gasteiger partial charge in [0.25, 0.3) is 0 Å². The summed E-state index contributed by atoms with van der Waals surface area (Å²) in [5.41, 5.74) is 4.11. The molecule has 1 saturated heterocycles. The fraction of sp³-hybridized carbons (Fsp3) is 0.750. The topological polar surface area (TPSA) is 24.4 Å². The van der Waals surface area contributed by atoms with Crippen LogP contribution in [0, 0.1) is 0 Å². The van der Waals surface area contributed by atoms with Crippen molar-refractivity contribution < 1.29 is 0 Å². The van der Waals surface area contributed by atoms with Crippen LogP contribution in [-0.2, 0) is 0 Å². The van der Waals surface area contributed by atoms with Gasteiger partial charge in [0.15, 0.2) is 0 Å². The van der Waals surface area contributed by atoms with Gasteiger partial charge in [-0.25, -0.2) is 0 Å². The van der Waals surface area contributed by atoms with Gasteiger partial charge >= 0.3 is 0 Å². The van der Waals surface area contributed by atoms with Crippen LogP contribution in [0.15, 0.2) is 16.3 Å². The number of nitrogens with one attached hydrogen (secondary N) is 1. The summed E-state index contributed by atoms with van der Waals surface area (Å²) in [6.07, 6.45) is 4.71. The van der Waals surface area contributed by atoms with Crippen LogP contribution in [0.2, 0.25) is 0 Å². The van der Waals surface area contributed by atoms with Gasteiger partial charge in [0.05, 0.1) is 0 Å². The second-order valence-corrected chi connectivity index (χ2v) is 4.11. The van der Waals surface area contributed by atoms with Crippen molar-refractivity contribution in [3.63, 3.8) is 0 Å². The first kappa shape index (κ1) is 11.4. The molecule has 1 aliphatic heterocycles. The van der Waals surface area contributed by atoms with Crippen LogP contribution in [0.3, 0.4) is 0 Å². The van der Waals surface area contributed by atoms with Gasteiger partial charge in [0.1, 0.15) is 0 Å². The molecule has 2 nitrogen and oxygen atoms in total. The Hall–Kier alpha value is -0.630. The molecule has 0 atom stereocenters. The molecule has 0 saturated carbocycles. The molecule has 0 spiro atoms. The summed E-state index contributed by atoms with van der Waals surface area (Å²) in [4.78, 5) is 4.66. The van der Waals surface area contributed by atoms with E-state index >= 15 is 0 Å². The number of hydrogen-bond acceptors (Lipinski definition) is 2. The van der Waals surface area contributed by atoms with Crippen molar-refractivity contribution in [1.82, 2.24) is 5.32 Å². The van der Waals surface area contributed by atoms with Crippen molar-refractivity contribution >= 4 is 5.71 Å². The fourth-order valence-electron chi connectivity index (χ4n) is 1.84. The van der Waals surface area contributed by atoms with Gasteiger partial charge in [0.2, 0.25) is 0 Å². The number of piperidine rings is 1. The maximum Gasteiger partial charge on any atom is 0.0395 e. The Kier molecular flexibility index (Phi) is 4.88. The average molecular weight is 194 g/mol. The van der Waals surface area contributed by atoms with Crippen LogP contribution in [-0.4, -0.2) is 18.8 Å². The van der Waals surface area contributed by atoms with Gasteiger partial charge in [0, 0.05) is 11.4 Å². The Morgan fingerprint density at radius 3 is 2.43 bits per heavy atom. The molecule has 0 radical (unpaired) electrons. The molecule has 2 heteroatoms. The summed E-state index contributed by atoms with van der Waals surface area (Å²) < 4.78 is 0. The average Bonchev–Trinajstić information content (AvgIpc) is 2.18. The van der Waals surface area contributed by atoms with E-state index in [1.165, 1.54) is 30.7 Å². The van der Waals surface area contributed by atoms with E-state index in [4.69, 9.17) is 0 Å². The molecule has 1 fully saturated rings. The lowest BCUT2D eigenvalue weighted by Crippen LogP contribution is -2.23. The van der Waals surface area contributed by atoms with Gasteiger partial charge in [-0.3, -0.25) is 4.99 Å². The van der Waals surface area contributed by atoms with Gasteiger partial charge in [-0.15, -0.1) is 0 Å². The maximum atomic E-state index is 4.66. The van der Waals surface area contributed by atoms with Crippen LogP contribution in [0.1, 0.15) is 46.5 Å². The molecule has 0 aromatic heterocycles. The second-order valence-electron chi connectivity index (χ2n) is 4.11. The standard InChI is InChI=1S/C12H22N2/c1-4-5-12(14-10(2)3)11-6-8-13-9-7-11/h13H,4-9H2,1-3H3. The highest BCUT2D eigenvalue weighted by molar-refractivity contribution is 5.80. The molecule has 1 heterocycles. The molecular formula is C12H22N2. The Morgan fingerprint density at radius 1 is 1.29 bits per heavy atom. The van der Waals surface area contributed by atoms with E-state index in [-0.39, 0.29) is 0 Å². The van der Waals surface area contributed by atoms with Crippen molar-refractivity contribution in [3.05, 3.63) is 11.3 Å². The molecule has 0 bridgehead atoms. The molecule has 1 N–H and O–H groups in total. The number of aliphatic imine (C=N–C) groups is 1. The minimum absolute atomic E-state index is 1.13. The third-order valence-corrected chi connectivity index (χ3v) is 2.46. The quantitative estimate of drug-likeness (QED) is 0.686. The summed E-state index contributed by atoms with van der Waals surface area (Å²) in [6, 6.07) is 0. The normalized spacial score (nSPS) is 16.6. The van der Waals surface area contributed by atoms with Crippen LogP contribution in [0.5, 0.6) is 0 Å². The highest BCUT2D eigenvalue weighted by Crippen LogP contribution is 2.20. The second kappa shape index (κ2) is 5.97. The first-order valence-corrected chi connectivity index (χ1v) is 5.67. The zero-order chi connectivity index (χ0) is 10.4. The molecule has 1 rings (SSSR count). The monoisotopic (exact) mass is 194 g/mol. The summed E-state index contributed by atoms with van der Waals surface area (Å²) >= 11 is 0. The van der Waals surface area contributed by atoms with Crippen molar-refractivity contribution in [1.29, 1.82) is 0 Å². The van der Waals surface area contributed by atoms with Gasteiger partial charge in [-0.2, -0.15) is 0 Å². The highest BCUT2D eigenvalue weighted by Gasteiger charge is 2.09. The molecule has 0 aromatic carbocycles. The lowest BCUT2D eigenvalue weighted by molar-refractivity contribution is 0.599. The van der Waals surface area contributed by atoms with Crippen molar-refractivity contribution in [2.24, 2.45) is 4.99 Å². The Morgan fingerprint density at radius 2 is 1.93 bits per heavy atom. The smallest absolute Gasteiger partial charge is 0.0395 e. The molecule has 80 valence electrons. The van der Waals surface area contributed by atoms with E-state index in [1.807, 2.05) is 0 Å². The molecule has 0 unspecified atom stereocenters. The molecular weight excluding hydrogens is 172 g/mol. The van der Waals surface area contributed by atoms with Crippen LogP contribution in [0.25, 0.3) is 0 Å². The lowest BCUT2D eigenvalue weighted by Gasteiger charge is -2.18. The molecule has 1 aliphatic rings. The predicted molar refractivity (Wildman–Crippen MR) is 62.8 cm³/mol. The summed E-state index contributed by atoms with van der Waals surface area (Å²) in [5, 5.41) is 3.38. The predicted octanol–water partition coefficient (Wildman–Crippen LogP) is 2.90. The van der Waals surface area contributed by atoms with E-state index in [0.717, 1.165) is 19.5 Å². The first-order valence-electron chi connectivity index (χ1n) is 5.67. The fourth-order valence-corrected chi connectivity index (χ4v) is 1.84. The minimum Gasteiger partial charge on any atom is -0.316 e. The molecule has 14 heavy (non-hydrogen) atoms.